The number of ether oxygens (including phenoxy) is 2. The predicted octanol–water partition coefficient (Wildman–Crippen LogP) is 2.04. The summed E-state index contributed by atoms with van der Waals surface area (Å²) in [6.45, 7) is 5.69. The van der Waals surface area contributed by atoms with Gasteiger partial charge in [-0.3, -0.25) is 9.36 Å². The lowest BCUT2D eigenvalue weighted by Crippen LogP contribution is -2.30. The number of aromatic nitrogens is 4. The van der Waals surface area contributed by atoms with Crippen molar-refractivity contribution in [2.75, 3.05) is 13.2 Å². The zero-order chi connectivity index (χ0) is 17.6. The number of benzene rings is 1. The maximum atomic E-state index is 12.7. The van der Waals surface area contributed by atoms with E-state index in [2.05, 4.69) is 10.1 Å². The fraction of sp³-hybridized carbons (Fsp3) is 0.389. The summed E-state index contributed by atoms with van der Waals surface area (Å²) in [6.07, 6.45) is 2.63. The van der Waals surface area contributed by atoms with Crippen LogP contribution in [0.3, 0.4) is 0 Å². The van der Waals surface area contributed by atoms with Crippen LogP contribution >= 0.6 is 0 Å². The molecule has 7 nitrogen and oxygen atoms in total. The van der Waals surface area contributed by atoms with Gasteiger partial charge in [0.1, 0.15) is 11.7 Å². The molecule has 7 heteroatoms. The molecule has 0 amide bonds. The summed E-state index contributed by atoms with van der Waals surface area (Å²) in [6, 6.07) is 9.95. The Morgan fingerprint density at radius 3 is 2.52 bits per heavy atom. The van der Waals surface area contributed by atoms with Gasteiger partial charge < -0.3 is 9.47 Å². The van der Waals surface area contributed by atoms with E-state index in [9.17, 15) is 4.79 Å². The second kappa shape index (κ2) is 8.04. The molecule has 0 fully saturated rings. The molecule has 0 N–H and O–H groups in total. The molecule has 0 aliphatic carbocycles. The zero-order valence-electron chi connectivity index (χ0n) is 14.5. The van der Waals surface area contributed by atoms with Crippen molar-refractivity contribution in [1.29, 1.82) is 0 Å². The SMILES string of the molecule is CCOC(Cn1cnc2c(cnn2Cc2ccccc2)c1=O)OCC. The van der Waals surface area contributed by atoms with E-state index in [1.54, 1.807) is 10.9 Å². The number of nitrogens with zero attached hydrogens (tertiary/aromatic N) is 4. The van der Waals surface area contributed by atoms with Gasteiger partial charge in [-0.1, -0.05) is 30.3 Å². The first kappa shape index (κ1) is 17.3. The first-order chi connectivity index (χ1) is 12.2. The standard InChI is InChI=1S/C18H22N4O3/c1-3-24-16(25-4-2)12-21-13-19-17-15(18(21)23)10-20-22(17)11-14-8-6-5-7-9-14/h5-10,13,16H,3-4,11-12H2,1-2H3. The Hall–Kier alpha value is -2.51. The predicted molar refractivity (Wildman–Crippen MR) is 94.4 cm³/mol. The highest BCUT2D eigenvalue weighted by atomic mass is 16.7. The molecular weight excluding hydrogens is 320 g/mol. The van der Waals surface area contributed by atoms with Crippen molar-refractivity contribution < 1.29 is 9.47 Å². The third-order valence-corrected chi connectivity index (χ3v) is 3.85. The normalized spacial score (nSPS) is 11.5. The highest BCUT2D eigenvalue weighted by Gasteiger charge is 2.14. The van der Waals surface area contributed by atoms with E-state index in [4.69, 9.17) is 9.47 Å². The molecule has 1 aromatic carbocycles. The lowest BCUT2D eigenvalue weighted by molar-refractivity contribution is -0.144. The Morgan fingerprint density at radius 2 is 1.84 bits per heavy atom. The summed E-state index contributed by atoms with van der Waals surface area (Å²) in [5.74, 6) is 0. The van der Waals surface area contributed by atoms with Crippen LogP contribution in [0.5, 0.6) is 0 Å². The molecule has 0 aliphatic rings. The van der Waals surface area contributed by atoms with E-state index in [-0.39, 0.29) is 5.56 Å². The monoisotopic (exact) mass is 342 g/mol. The van der Waals surface area contributed by atoms with E-state index in [0.717, 1.165) is 5.56 Å². The smallest absolute Gasteiger partial charge is 0.264 e. The van der Waals surface area contributed by atoms with Gasteiger partial charge in [-0.2, -0.15) is 5.10 Å². The van der Waals surface area contributed by atoms with Crippen molar-refractivity contribution in [2.45, 2.75) is 33.2 Å². The molecule has 0 saturated heterocycles. The molecule has 0 atom stereocenters. The van der Waals surface area contributed by atoms with E-state index < -0.39 is 6.29 Å². The maximum Gasteiger partial charge on any atom is 0.264 e. The van der Waals surface area contributed by atoms with Gasteiger partial charge in [0, 0.05) is 13.2 Å². The van der Waals surface area contributed by atoms with Crippen molar-refractivity contribution in [1.82, 2.24) is 19.3 Å². The van der Waals surface area contributed by atoms with Crippen LogP contribution in [0.1, 0.15) is 19.4 Å². The Balaban J connectivity index is 1.87. The third-order valence-electron chi connectivity index (χ3n) is 3.85. The summed E-state index contributed by atoms with van der Waals surface area (Å²) < 4.78 is 14.3. The van der Waals surface area contributed by atoms with Crippen LogP contribution < -0.4 is 5.56 Å². The molecular formula is C18H22N4O3. The summed E-state index contributed by atoms with van der Waals surface area (Å²) in [5.41, 5.74) is 1.54. The quantitative estimate of drug-likeness (QED) is 0.586. The molecule has 2 heterocycles. The number of rotatable bonds is 8. The van der Waals surface area contributed by atoms with Gasteiger partial charge in [-0.25, -0.2) is 9.67 Å². The Kier molecular flexibility index (Phi) is 5.57. The number of hydrogen-bond donors (Lipinski definition) is 0. The van der Waals surface area contributed by atoms with Crippen molar-refractivity contribution in [3.8, 4) is 0 Å². The molecule has 0 bridgehead atoms. The highest BCUT2D eigenvalue weighted by Crippen LogP contribution is 2.10. The van der Waals surface area contributed by atoms with Crippen LogP contribution in [0.15, 0.2) is 47.7 Å². The summed E-state index contributed by atoms with van der Waals surface area (Å²) in [5, 5.41) is 4.81. The number of fused-ring (bicyclic) bond motifs is 1. The molecule has 3 rings (SSSR count). The van der Waals surface area contributed by atoms with Crippen molar-refractivity contribution in [2.24, 2.45) is 0 Å². The van der Waals surface area contributed by atoms with Crippen LogP contribution in [-0.2, 0) is 22.6 Å². The fourth-order valence-corrected chi connectivity index (χ4v) is 2.69. The minimum atomic E-state index is -0.466. The summed E-state index contributed by atoms with van der Waals surface area (Å²) >= 11 is 0. The average molecular weight is 342 g/mol. The molecule has 0 spiro atoms. The number of hydrogen-bond acceptors (Lipinski definition) is 5. The largest absolute Gasteiger partial charge is 0.351 e. The summed E-state index contributed by atoms with van der Waals surface area (Å²) in [4.78, 5) is 17.1. The van der Waals surface area contributed by atoms with Gasteiger partial charge in [0.25, 0.3) is 5.56 Å². The highest BCUT2D eigenvalue weighted by molar-refractivity contribution is 5.72. The van der Waals surface area contributed by atoms with Crippen LogP contribution in [0, 0.1) is 0 Å². The lowest BCUT2D eigenvalue weighted by Gasteiger charge is -2.17. The first-order valence-electron chi connectivity index (χ1n) is 8.41. The molecule has 25 heavy (non-hydrogen) atoms. The maximum absolute atomic E-state index is 12.7. The van der Waals surface area contributed by atoms with Gasteiger partial charge in [0.05, 0.1) is 19.3 Å². The topological polar surface area (TPSA) is 71.2 Å². The average Bonchev–Trinajstić information content (AvgIpc) is 3.02. The van der Waals surface area contributed by atoms with E-state index in [1.807, 2.05) is 44.2 Å². The third kappa shape index (κ3) is 3.94. The van der Waals surface area contributed by atoms with Crippen molar-refractivity contribution in [3.63, 3.8) is 0 Å². The van der Waals surface area contributed by atoms with Gasteiger partial charge in [-0.05, 0) is 19.4 Å². The van der Waals surface area contributed by atoms with E-state index in [1.165, 1.54) is 10.9 Å². The Labute approximate surface area is 145 Å². The van der Waals surface area contributed by atoms with E-state index in [0.29, 0.717) is 37.3 Å². The minimum absolute atomic E-state index is 0.145. The van der Waals surface area contributed by atoms with Crippen molar-refractivity contribution in [3.05, 3.63) is 58.8 Å². The van der Waals surface area contributed by atoms with Gasteiger partial charge in [0.2, 0.25) is 0 Å². The minimum Gasteiger partial charge on any atom is -0.351 e. The molecule has 0 radical (unpaired) electrons. The second-order valence-electron chi connectivity index (χ2n) is 5.57. The molecule has 0 aliphatic heterocycles. The van der Waals surface area contributed by atoms with Crippen LogP contribution in [0.2, 0.25) is 0 Å². The molecule has 0 unspecified atom stereocenters. The Bertz CT molecular complexity index is 867. The first-order valence-corrected chi connectivity index (χ1v) is 8.41. The van der Waals surface area contributed by atoms with Gasteiger partial charge in [-0.15, -0.1) is 0 Å². The zero-order valence-corrected chi connectivity index (χ0v) is 14.5. The molecule has 132 valence electrons. The lowest BCUT2D eigenvalue weighted by atomic mass is 10.2. The molecule has 3 aromatic rings. The molecule has 2 aromatic heterocycles. The van der Waals surface area contributed by atoms with E-state index >= 15 is 0 Å². The molecule has 0 saturated carbocycles. The van der Waals surface area contributed by atoms with Crippen LogP contribution in [0.25, 0.3) is 11.0 Å². The van der Waals surface area contributed by atoms with Crippen LogP contribution in [0.4, 0.5) is 0 Å². The van der Waals surface area contributed by atoms with Crippen molar-refractivity contribution >= 4 is 11.0 Å². The summed E-state index contributed by atoms with van der Waals surface area (Å²) in [7, 11) is 0. The Morgan fingerprint density at radius 1 is 1.12 bits per heavy atom. The second-order valence-corrected chi connectivity index (χ2v) is 5.57. The van der Waals surface area contributed by atoms with Crippen LogP contribution in [-0.4, -0.2) is 38.8 Å². The fourth-order valence-electron chi connectivity index (χ4n) is 2.69. The van der Waals surface area contributed by atoms with Gasteiger partial charge in [0.15, 0.2) is 11.9 Å². The van der Waals surface area contributed by atoms with Gasteiger partial charge >= 0.3 is 0 Å².